The third-order valence-electron chi connectivity index (χ3n) is 4.60. The van der Waals surface area contributed by atoms with E-state index < -0.39 is 5.25 Å². The number of nitrogens with one attached hydrogen (secondary N) is 2. The first-order valence-corrected chi connectivity index (χ1v) is 11.6. The number of thiophene rings is 1. The van der Waals surface area contributed by atoms with E-state index in [9.17, 15) is 9.59 Å². The minimum atomic E-state index is -0.444. The van der Waals surface area contributed by atoms with Gasteiger partial charge in [0.05, 0.1) is 17.2 Å². The summed E-state index contributed by atoms with van der Waals surface area (Å²) in [7, 11) is 0. The van der Waals surface area contributed by atoms with E-state index in [0.717, 1.165) is 16.9 Å². The molecular weight excluding hydrogens is 430 g/mol. The summed E-state index contributed by atoms with van der Waals surface area (Å²) in [5, 5.41) is 5.38. The standard InChI is InChI=1S/C23H21N3O3S2/c1-3-29-17-11-9-16(10-12-17)24-20(27)14(2)31-23-25-21(28)19-18(13-30-22(19)26-23)15-7-5-4-6-8-15/h4-14H,3H2,1-2H3,(H,24,27)(H,25,26,28). The van der Waals surface area contributed by atoms with Gasteiger partial charge < -0.3 is 15.0 Å². The Balaban J connectivity index is 1.49. The third-order valence-corrected chi connectivity index (χ3v) is 6.45. The van der Waals surface area contributed by atoms with Crippen molar-refractivity contribution in [1.82, 2.24) is 9.97 Å². The number of rotatable bonds is 7. The van der Waals surface area contributed by atoms with E-state index in [1.807, 2.05) is 54.8 Å². The second-order valence-corrected chi connectivity index (χ2v) is 8.96. The molecule has 158 valence electrons. The second kappa shape index (κ2) is 9.36. The SMILES string of the molecule is CCOc1ccc(NC(=O)C(C)Sc2nc3scc(-c4ccccc4)c3c(=O)[nH]2)cc1. The van der Waals surface area contributed by atoms with Crippen molar-refractivity contribution in [3.05, 3.63) is 70.3 Å². The molecule has 2 aromatic heterocycles. The molecule has 0 radical (unpaired) electrons. The first-order chi connectivity index (χ1) is 15.0. The molecular formula is C23H21N3O3S2. The van der Waals surface area contributed by atoms with Crippen molar-refractivity contribution in [3.8, 4) is 16.9 Å². The number of aromatic nitrogens is 2. The molecule has 0 aliphatic heterocycles. The van der Waals surface area contributed by atoms with Crippen LogP contribution in [0, 0.1) is 0 Å². The first-order valence-electron chi connectivity index (χ1n) is 9.82. The van der Waals surface area contributed by atoms with Gasteiger partial charge in [-0.1, -0.05) is 42.1 Å². The Morgan fingerprint density at radius 1 is 1.19 bits per heavy atom. The van der Waals surface area contributed by atoms with E-state index in [-0.39, 0.29) is 11.5 Å². The Morgan fingerprint density at radius 2 is 1.94 bits per heavy atom. The van der Waals surface area contributed by atoms with Crippen LogP contribution >= 0.6 is 23.1 Å². The molecule has 1 amide bonds. The number of aromatic amines is 1. The van der Waals surface area contributed by atoms with Crippen molar-refractivity contribution < 1.29 is 9.53 Å². The van der Waals surface area contributed by atoms with Crippen molar-refractivity contribution in [3.63, 3.8) is 0 Å². The topological polar surface area (TPSA) is 84.1 Å². The smallest absolute Gasteiger partial charge is 0.260 e. The second-order valence-electron chi connectivity index (χ2n) is 6.77. The molecule has 0 aliphatic carbocycles. The van der Waals surface area contributed by atoms with Crippen LogP contribution in [-0.2, 0) is 4.79 Å². The normalized spacial score (nSPS) is 11.9. The number of benzene rings is 2. The number of fused-ring (bicyclic) bond motifs is 1. The molecule has 2 N–H and O–H groups in total. The Kier molecular flexibility index (Phi) is 6.39. The zero-order valence-electron chi connectivity index (χ0n) is 17.0. The van der Waals surface area contributed by atoms with Crippen LogP contribution in [0.25, 0.3) is 21.3 Å². The van der Waals surface area contributed by atoms with Gasteiger partial charge in [-0.2, -0.15) is 0 Å². The minimum absolute atomic E-state index is 0.173. The molecule has 0 spiro atoms. The summed E-state index contributed by atoms with van der Waals surface area (Å²) >= 11 is 2.64. The van der Waals surface area contributed by atoms with E-state index in [4.69, 9.17) is 4.74 Å². The van der Waals surface area contributed by atoms with Crippen molar-refractivity contribution in [2.24, 2.45) is 0 Å². The van der Waals surface area contributed by atoms with Gasteiger partial charge in [0.25, 0.3) is 5.56 Å². The highest BCUT2D eigenvalue weighted by atomic mass is 32.2. The number of ether oxygens (including phenoxy) is 1. The summed E-state index contributed by atoms with van der Waals surface area (Å²) in [5.74, 6) is 0.580. The third kappa shape index (κ3) is 4.81. The zero-order chi connectivity index (χ0) is 21.8. The van der Waals surface area contributed by atoms with Crippen molar-refractivity contribution in [2.45, 2.75) is 24.3 Å². The maximum absolute atomic E-state index is 12.8. The summed E-state index contributed by atoms with van der Waals surface area (Å²) in [5.41, 5.74) is 2.33. The van der Waals surface area contributed by atoms with E-state index in [2.05, 4.69) is 15.3 Å². The summed E-state index contributed by atoms with van der Waals surface area (Å²) < 4.78 is 5.41. The van der Waals surface area contributed by atoms with Gasteiger partial charge in [-0.25, -0.2) is 4.98 Å². The van der Waals surface area contributed by atoms with Gasteiger partial charge in [-0.3, -0.25) is 9.59 Å². The van der Waals surface area contributed by atoms with Gasteiger partial charge in [-0.15, -0.1) is 11.3 Å². The van der Waals surface area contributed by atoms with Gasteiger partial charge in [0.1, 0.15) is 10.6 Å². The molecule has 0 aliphatic rings. The van der Waals surface area contributed by atoms with E-state index in [0.29, 0.717) is 27.7 Å². The van der Waals surface area contributed by atoms with Crippen LogP contribution in [0.15, 0.2) is 69.9 Å². The summed E-state index contributed by atoms with van der Waals surface area (Å²) in [6.07, 6.45) is 0. The van der Waals surface area contributed by atoms with E-state index >= 15 is 0 Å². The van der Waals surface area contributed by atoms with E-state index in [1.165, 1.54) is 23.1 Å². The Labute approximate surface area is 187 Å². The maximum Gasteiger partial charge on any atom is 0.260 e. The number of carbonyl (C=O) groups excluding carboxylic acids is 1. The van der Waals surface area contributed by atoms with E-state index in [1.54, 1.807) is 19.1 Å². The highest BCUT2D eigenvalue weighted by molar-refractivity contribution is 8.00. The number of anilines is 1. The molecule has 1 unspecified atom stereocenters. The van der Waals surface area contributed by atoms with Crippen LogP contribution in [0.1, 0.15) is 13.8 Å². The maximum atomic E-state index is 12.8. The molecule has 6 nitrogen and oxygen atoms in total. The summed E-state index contributed by atoms with van der Waals surface area (Å²) in [4.78, 5) is 33.4. The van der Waals surface area contributed by atoms with Crippen LogP contribution in [-0.4, -0.2) is 27.7 Å². The van der Waals surface area contributed by atoms with Gasteiger partial charge in [0.15, 0.2) is 5.16 Å². The molecule has 0 bridgehead atoms. The monoisotopic (exact) mass is 451 g/mol. The predicted molar refractivity (Wildman–Crippen MR) is 127 cm³/mol. The fraction of sp³-hybridized carbons (Fsp3) is 0.174. The molecule has 4 rings (SSSR count). The number of amides is 1. The van der Waals surface area contributed by atoms with Gasteiger partial charge >= 0.3 is 0 Å². The molecule has 0 saturated heterocycles. The number of carbonyl (C=O) groups is 1. The quantitative estimate of drug-likeness (QED) is 0.299. The number of hydrogen-bond acceptors (Lipinski definition) is 6. The number of thioether (sulfide) groups is 1. The van der Waals surface area contributed by atoms with Gasteiger partial charge in [0, 0.05) is 16.6 Å². The first kappa shape index (κ1) is 21.1. The van der Waals surface area contributed by atoms with Crippen LogP contribution in [0.3, 0.4) is 0 Å². The molecule has 1 atom stereocenters. The summed E-state index contributed by atoms with van der Waals surface area (Å²) in [6.45, 7) is 4.29. The average molecular weight is 452 g/mol. The number of hydrogen-bond donors (Lipinski definition) is 2. The lowest BCUT2D eigenvalue weighted by atomic mass is 10.1. The van der Waals surface area contributed by atoms with Crippen LogP contribution in [0.5, 0.6) is 5.75 Å². The Hall–Kier alpha value is -3.10. The van der Waals surface area contributed by atoms with Crippen LogP contribution in [0.2, 0.25) is 0 Å². The fourth-order valence-corrected chi connectivity index (χ4v) is 4.88. The van der Waals surface area contributed by atoms with Crippen LogP contribution in [0.4, 0.5) is 5.69 Å². The number of H-pyrrole nitrogens is 1. The molecule has 2 aromatic carbocycles. The molecule has 31 heavy (non-hydrogen) atoms. The largest absolute Gasteiger partial charge is 0.494 e. The molecule has 0 saturated carbocycles. The lowest BCUT2D eigenvalue weighted by Crippen LogP contribution is -2.23. The lowest BCUT2D eigenvalue weighted by Gasteiger charge is -2.12. The lowest BCUT2D eigenvalue weighted by molar-refractivity contribution is -0.115. The highest BCUT2D eigenvalue weighted by Crippen LogP contribution is 2.32. The Bertz CT molecular complexity index is 1250. The fourth-order valence-electron chi connectivity index (χ4n) is 3.08. The van der Waals surface area contributed by atoms with Crippen LogP contribution < -0.4 is 15.6 Å². The van der Waals surface area contributed by atoms with Gasteiger partial charge in [-0.05, 0) is 43.7 Å². The zero-order valence-corrected chi connectivity index (χ0v) is 18.7. The van der Waals surface area contributed by atoms with Crippen molar-refractivity contribution in [1.29, 1.82) is 0 Å². The molecule has 2 heterocycles. The van der Waals surface area contributed by atoms with Gasteiger partial charge in [0.2, 0.25) is 5.91 Å². The highest BCUT2D eigenvalue weighted by Gasteiger charge is 2.18. The molecule has 8 heteroatoms. The van der Waals surface area contributed by atoms with Crippen molar-refractivity contribution in [2.75, 3.05) is 11.9 Å². The van der Waals surface area contributed by atoms with Crippen molar-refractivity contribution >= 4 is 44.9 Å². The average Bonchev–Trinajstić information content (AvgIpc) is 3.20. The minimum Gasteiger partial charge on any atom is -0.494 e. The summed E-state index contributed by atoms with van der Waals surface area (Å²) in [6, 6.07) is 17.0. The Morgan fingerprint density at radius 3 is 2.65 bits per heavy atom. The molecule has 0 fully saturated rings. The number of nitrogens with zero attached hydrogens (tertiary/aromatic N) is 1. The predicted octanol–water partition coefficient (Wildman–Crippen LogP) is 5.17. The molecule has 4 aromatic rings.